The van der Waals surface area contributed by atoms with Crippen LogP contribution in [-0.2, 0) is 11.2 Å². The van der Waals surface area contributed by atoms with Gasteiger partial charge in [-0.15, -0.1) is 22.7 Å². The second kappa shape index (κ2) is 8.85. The first-order valence-electron chi connectivity index (χ1n) is 9.68. The highest BCUT2D eigenvalue weighted by Crippen LogP contribution is 2.29. The van der Waals surface area contributed by atoms with Gasteiger partial charge in [-0.05, 0) is 32.9 Å². The summed E-state index contributed by atoms with van der Waals surface area (Å²) in [6.07, 6.45) is 3.81. The van der Waals surface area contributed by atoms with Crippen molar-refractivity contribution in [3.05, 3.63) is 74.6 Å². The van der Waals surface area contributed by atoms with Crippen molar-refractivity contribution in [2.75, 3.05) is 0 Å². The van der Waals surface area contributed by atoms with Gasteiger partial charge < -0.3 is 5.32 Å². The summed E-state index contributed by atoms with van der Waals surface area (Å²) in [6.45, 7) is 6.00. The van der Waals surface area contributed by atoms with E-state index in [1.807, 2.05) is 31.4 Å². The Bertz CT molecular complexity index is 1150. The van der Waals surface area contributed by atoms with Gasteiger partial charge in [0.1, 0.15) is 5.01 Å². The van der Waals surface area contributed by atoms with Crippen molar-refractivity contribution in [3.8, 4) is 22.5 Å². The molecule has 4 rings (SSSR count). The number of rotatable bonds is 6. The van der Waals surface area contributed by atoms with Crippen LogP contribution in [0.15, 0.2) is 54.2 Å². The topological polar surface area (TPSA) is 67.8 Å². The Kier molecular flexibility index (Phi) is 6.01. The first-order chi connectivity index (χ1) is 14.5. The third-order valence-corrected chi connectivity index (χ3v) is 6.69. The molecule has 0 spiro atoms. The molecule has 0 saturated carbocycles. The van der Waals surface area contributed by atoms with E-state index in [4.69, 9.17) is 0 Å². The number of hydrogen-bond acceptors (Lipinski definition) is 6. The van der Waals surface area contributed by atoms with E-state index >= 15 is 0 Å². The van der Waals surface area contributed by atoms with Crippen molar-refractivity contribution >= 4 is 28.6 Å². The fourth-order valence-corrected chi connectivity index (χ4v) is 4.96. The fraction of sp³-hybridized carbons (Fsp3) is 0.217. The van der Waals surface area contributed by atoms with E-state index in [1.54, 1.807) is 35.1 Å². The summed E-state index contributed by atoms with van der Waals surface area (Å²) in [4.78, 5) is 27.1. The van der Waals surface area contributed by atoms with Crippen LogP contribution in [0.25, 0.3) is 22.5 Å². The summed E-state index contributed by atoms with van der Waals surface area (Å²) < 4.78 is 0. The number of aromatic nitrogens is 3. The van der Waals surface area contributed by atoms with Crippen LogP contribution in [0.1, 0.15) is 33.4 Å². The normalized spacial score (nSPS) is 12.0. The highest BCUT2D eigenvalue weighted by Gasteiger charge is 2.18. The molecule has 7 heteroatoms. The number of carbonyl (C=O) groups is 1. The van der Waals surface area contributed by atoms with Crippen LogP contribution in [-0.4, -0.2) is 20.9 Å². The minimum Gasteiger partial charge on any atom is -0.347 e. The summed E-state index contributed by atoms with van der Waals surface area (Å²) in [7, 11) is 0. The minimum atomic E-state index is -0.157. The van der Waals surface area contributed by atoms with Gasteiger partial charge >= 0.3 is 0 Å². The molecule has 0 bridgehead atoms. The SMILES string of the molecule is Cc1ccc(-c2nc(C)sc2CC(=O)NC(C)c2nc(-c3ccncc3)cs2)cc1. The molecule has 0 fully saturated rings. The lowest BCUT2D eigenvalue weighted by Crippen LogP contribution is -2.28. The zero-order valence-corrected chi connectivity index (χ0v) is 18.7. The molecule has 1 aromatic carbocycles. The Balaban J connectivity index is 1.45. The van der Waals surface area contributed by atoms with Crippen molar-refractivity contribution in [3.63, 3.8) is 0 Å². The number of nitrogens with one attached hydrogen (secondary N) is 1. The van der Waals surface area contributed by atoms with Crippen molar-refractivity contribution in [1.82, 2.24) is 20.3 Å². The summed E-state index contributed by atoms with van der Waals surface area (Å²) in [5, 5.41) is 6.94. The monoisotopic (exact) mass is 434 g/mol. The van der Waals surface area contributed by atoms with Crippen molar-refractivity contribution in [1.29, 1.82) is 0 Å². The van der Waals surface area contributed by atoms with Gasteiger partial charge in [0, 0.05) is 33.8 Å². The Morgan fingerprint density at radius 1 is 1.03 bits per heavy atom. The maximum atomic E-state index is 12.8. The van der Waals surface area contributed by atoms with E-state index in [0.29, 0.717) is 6.42 Å². The smallest absolute Gasteiger partial charge is 0.225 e. The Morgan fingerprint density at radius 3 is 2.50 bits per heavy atom. The molecule has 5 nitrogen and oxygen atoms in total. The molecule has 1 N–H and O–H groups in total. The van der Waals surface area contributed by atoms with Crippen molar-refractivity contribution in [2.45, 2.75) is 33.2 Å². The maximum Gasteiger partial charge on any atom is 0.225 e. The zero-order chi connectivity index (χ0) is 21.1. The zero-order valence-electron chi connectivity index (χ0n) is 17.0. The van der Waals surface area contributed by atoms with Crippen LogP contribution in [0.2, 0.25) is 0 Å². The highest BCUT2D eigenvalue weighted by atomic mass is 32.1. The largest absolute Gasteiger partial charge is 0.347 e. The van der Waals surface area contributed by atoms with Gasteiger partial charge in [-0.3, -0.25) is 9.78 Å². The molecule has 1 atom stereocenters. The molecular formula is C23H22N4OS2. The number of carbonyl (C=O) groups excluding carboxylic acids is 1. The van der Waals surface area contributed by atoms with Crippen LogP contribution in [0.4, 0.5) is 0 Å². The van der Waals surface area contributed by atoms with E-state index < -0.39 is 0 Å². The van der Waals surface area contributed by atoms with Crippen molar-refractivity contribution < 1.29 is 4.79 Å². The molecule has 0 aliphatic rings. The number of pyridine rings is 1. The summed E-state index contributed by atoms with van der Waals surface area (Å²) >= 11 is 3.13. The highest BCUT2D eigenvalue weighted by molar-refractivity contribution is 7.12. The standard InChI is InChI=1S/C23H22N4OS2/c1-14-4-6-18(7-5-14)22-20(30-16(3)26-22)12-21(28)25-15(2)23-27-19(13-29-23)17-8-10-24-11-9-17/h4-11,13,15H,12H2,1-3H3,(H,25,28). The van der Waals surface area contributed by atoms with Gasteiger partial charge in [0.25, 0.3) is 0 Å². The van der Waals surface area contributed by atoms with Crippen LogP contribution in [0.5, 0.6) is 0 Å². The van der Waals surface area contributed by atoms with E-state index in [-0.39, 0.29) is 11.9 Å². The third kappa shape index (κ3) is 4.63. The van der Waals surface area contributed by atoms with Gasteiger partial charge in [0.2, 0.25) is 5.91 Å². The number of thiazole rings is 2. The molecule has 1 amide bonds. The van der Waals surface area contributed by atoms with E-state index in [2.05, 4.69) is 51.5 Å². The Morgan fingerprint density at radius 2 is 1.77 bits per heavy atom. The molecule has 0 aliphatic carbocycles. The lowest BCUT2D eigenvalue weighted by Gasteiger charge is -2.11. The summed E-state index contributed by atoms with van der Waals surface area (Å²) in [5.74, 6) is -0.0276. The van der Waals surface area contributed by atoms with Gasteiger partial charge in [-0.25, -0.2) is 9.97 Å². The average Bonchev–Trinajstić information content (AvgIpc) is 3.36. The van der Waals surface area contributed by atoms with Gasteiger partial charge in [-0.2, -0.15) is 0 Å². The Hall–Kier alpha value is -2.90. The number of amides is 1. The summed E-state index contributed by atoms with van der Waals surface area (Å²) in [6, 6.07) is 12.0. The van der Waals surface area contributed by atoms with Crippen LogP contribution in [0, 0.1) is 13.8 Å². The first kappa shape index (κ1) is 20.4. The van der Waals surface area contributed by atoms with Crippen LogP contribution >= 0.6 is 22.7 Å². The van der Waals surface area contributed by atoms with Crippen molar-refractivity contribution in [2.24, 2.45) is 0 Å². The molecule has 3 aromatic heterocycles. The molecule has 30 heavy (non-hydrogen) atoms. The molecule has 3 heterocycles. The average molecular weight is 435 g/mol. The molecule has 0 radical (unpaired) electrons. The second-order valence-electron chi connectivity index (χ2n) is 7.14. The predicted octanol–water partition coefficient (Wildman–Crippen LogP) is 5.37. The lowest BCUT2D eigenvalue weighted by atomic mass is 10.1. The number of benzene rings is 1. The lowest BCUT2D eigenvalue weighted by molar-refractivity contribution is -0.121. The van der Waals surface area contributed by atoms with E-state index in [0.717, 1.165) is 37.4 Å². The molecule has 1 unspecified atom stereocenters. The first-order valence-corrected chi connectivity index (χ1v) is 11.4. The second-order valence-corrected chi connectivity index (χ2v) is 9.32. The minimum absolute atomic E-state index is 0.0276. The predicted molar refractivity (Wildman–Crippen MR) is 123 cm³/mol. The molecule has 0 saturated heterocycles. The molecule has 152 valence electrons. The van der Waals surface area contributed by atoms with Gasteiger partial charge in [0.05, 0.1) is 28.9 Å². The number of hydrogen-bond donors (Lipinski definition) is 1. The summed E-state index contributed by atoms with van der Waals surface area (Å²) in [5.41, 5.74) is 5.07. The number of nitrogens with zero attached hydrogens (tertiary/aromatic N) is 3. The molecule has 4 aromatic rings. The molecule has 0 aliphatic heterocycles. The van der Waals surface area contributed by atoms with E-state index in [9.17, 15) is 4.79 Å². The van der Waals surface area contributed by atoms with E-state index in [1.165, 1.54) is 5.56 Å². The fourth-order valence-electron chi connectivity index (χ4n) is 3.17. The maximum absolute atomic E-state index is 12.8. The van der Waals surface area contributed by atoms with Gasteiger partial charge in [-0.1, -0.05) is 29.8 Å². The van der Waals surface area contributed by atoms with Gasteiger partial charge in [0.15, 0.2) is 0 Å². The Labute approximate surface area is 183 Å². The number of aryl methyl sites for hydroxylation is 2. The van der Waals surface area contributed by atoms with Crippen LogP contribution < -0.4 is 5.32 Å². The molecular weight excluding hydrogens is 412 g/mol. The van der Waals surface area contributed by atoms with Crippen LogP contribution in [0.3, 0.4) is 0 Å². The third-order valence-electron chi connectivity index (χ3n) is 4.70. The quantitative estimate of drug-likeness (QED) is 0.443.